The number of benzene rings is 2. The van der Waals surface area contributed by atoms with Gasteiger partial charge in [0.2, 0.25) is 0 Å². The standard InChI is InChI=1S/C16H18N2O2/c1-10-3-4-12(7-11(10)2)9-20-15-8-13(17)5-6-14(15)16(18)19/h3-8H,9,17H2,1-2H3,(H2,18,19). The Morgan fingerprint density at radius 1 is 1.10 bits per heavy atom. The highest BCUT2D eigenvalue weighted by molar-refractivity contribution is 5.96. The van der Waals surface area contributed by atoms with Crippen LogP contribution in [0.1, 0.15) is 27.0 Å². The van der Waals surface area contributed by atoms with Crippen LogP contribution in [-0.4, -0.2) is 5.91 Å². The molecule has 4 nitrogen and oxygen atoms in total. The minimum Gasteiger partial charge on any atom is -0.488 e. The monoisotopic (exact) mass is 270 g/mol. The number of amides is 1. The number of ether oxygens (including phenoxy) is 1. The van der Waals surface area contributed by atoms with Crippen LogP contribution in [0.5, 0.6) is 5.75 Å². The summed E-state index contributed by atoms with van der Waals surface area (Å²) < 4.78 is 5.68. The summed E-state index contributed by atoms with van der Waals surface area (Å²) in [6, 6.07) is 10.9. The molecule has 0 bridgehead atoms. The van der Waals surface area contributed by atoms with E-state index < -0.39 is 5.91 Å². The molecule has 0 radical (unpaired) electrons. The smallest absolute Gasteiger partial charge is 0.252 e. The van der Waals surface area contributed by atoms with E-state index >= 15 is 0 Å². The molecule has 0 fully saturated rings. The van der Waals surface area contributed by atoms with E-state index in [1.807, 2.05) is 19.1 Å². The third-order valence-corrected chi connectivity index (χ3v) is 3.24. The van der Waals surface area contributed by atoms with Crippen molar-refractivity contribution in [3.05, 3.63) is 58.7 Å². The van der Waals surface area contributed by atoms with Crippen LogP contribution in [-0.2, 0) is 6.61 Å². The topological polar surface area (TPSA) is 78.3 Å². The maximum atomic E-state index is 11.3. The molecule has 0 aliphatic carbocycles. The molecule has 0 spiro atoms. The summed E-state index contributed by atoms with van der Waals surface area (Å²) in [7, 11) is 0. The van der Waals surface area contributed by atoms with Gasteiger partial charge in [-0.2, -0.15) is 0 Å². The Kier molecular flexibility index (Phi) is 3.94. The maximum Gasteiger partial charge on any atom is 0.252 e. The number of hydrogen-bond acceptors (Lipinski definition) is 3. The summed E-state index contributed by atoms with van der Waals surface area (Å²) >= 11 is 0. The normalized spacial score (nSPS) is 10.3. The van der Waals surface area contributed by atoms with Crippen LogP contribution in [0.15, 0.2) is 36.4 Å². The van der Waals surface area contributed by atoms with Gasteiger partial charge in [0.05, 0.1) is 5.56 Å². The van der Waals surface area contributed by atoms with Crippen LogP contribution in [0.4, 0.5) is 5.69 Å². The van der Waals surface area contributed by atoms with Crippen molar-refractivity contribution in [1.82, 2.24) is 0 Å². The van der Waals surface area contributed by atoms with E-state index in [1.54, 1.807) is 18.2 Å². The predicted molar refractivity (Wildman–Crippen MR) is 79.6 cm³/mol. The largest absolute Gasteiger partial charge is 0.488 e. The molecule has 2 aromatic rings. The lowest BCUT2D eigenvalue weighted by Gasteiger charge is -2.11. The summed E-state index contributed by atoms with van der Waals surface area (Å²) in [5.41, 5.74) is 15.4. The molecule has 1 amide bonds. The van der Waals surface area contributed by atoms with Gasteiger partial charge in [0.15, 0.2) is 0 Å². The second-order valence-corrected chi connectivity index (χ2v) is 4.83. The fraction of sp³-hybridized carbons (Fsp3) is 0.188. The molecule has 0 saturated carbocycles. The number of carbonyl (C=O) groups is 1. The molecule has 0 aliphatic heterocycles. The third-order valence-electron chi connectivity index (χ3n) is 3.24. The first-order valence-corrected chi connectivity index (χ1v) is 6.35. The van der Waals surface area contributed by atoms with E-state index in [2.05, 4.69) is 13.0 Å². The first kappa shape index (κ1) is 13.9. The lowest BCUT2D eigenvalue weighted by Crippen LogP contribution is -2.13. The van der Waals surface area contributed by atoms with Crippen molar-refractivity contribution >= 4 is 11.6 Å². The third kappa shape index (κ3) is 3.09. The summed E-state index contributed by atoms with van der Waals surface area (Å²) in [6.45, 7) is 4.47. The second-order valence-electron chi connectivity index (χ2n) is 4.83. The van der Waals surface area contributed by atoms with E-state index in [1.165, 1.54) is 11.1 Å². The van der Waals surface area contributed by atoms with E-state index in [4.69, 9.17) is 16.2 Å². The summed E-state index contributed by atoms with van der Waals surface area (Å²) in [6.07, 6.45) is 0. The highest BCUT2D eigenvalue weighted by Gasteiger charge is 2.10. The Labute approximate surface area is 118 Å². The molecule has 0 aliphatic rings. The molecule has 20 heavy (non-hydrogen) atoms. The van der Waals surface area contributed by atoms with Gasteiger partial charge < -0.3 is 16.2 Å². The maximum absolute atomic E-state index is 11.3. The Morgan fingerprint density at radius 2 is 1.85 bits per heavy atom. The first-order valence-electron chi connectivity index (χ1n) is 6.35. The zero-order valence-electron chi connectivity index (χ0n) is 11.6. The van der Waals surface area contributed by atoms with Gasteiger partial charge in [0.1, 0.15) is 12.4 Å². The average Bonchev–Trinajstić information content (AvgIpc) is 2.40. The molecule has 2 aromatic carbocycles. The van der Waals surface area contributed by atoms with Gasteiger partial charge in [-0.25, -0.2) is 0 Å². The minimum absolute atomic E-state index is 0.336. The van der Waals surface area contributed by atoms with Crippen molar-refractivity contribution in [3.63, 3.8) is 0 Å². The van der Waals surface area contributed by atoms with Gasteiger partial charge in [0, 0.05) is 11.8 Å². The van der Waals surface area contributed by atoms with Gasteiger partial charge in [0.25, 0.3) is 5.91 Å². The van der Waals surface area contributed by atoms with Crippen molar-refractivity contribution < 1.29 is 9.53 Å². The molecule has 104 valence electrons. The molecule has 2 rings (SSSR count). The summed E-state index contributed by atoms with van der Waals surface area (Å²) in [5.74, 6) is -0.115. The van der Waals surface area contributed by atoms with Gasteiger partial charge >= 0.3 is 0 Å². The highest BCUT2D eigenvalue weighted by Crippen LogP contribution is 2.23. The van der Waals surface area contributed by atoms with Crippen molar-refractivity contribution in [2.24, 2.45) is 5.73 Å². The van der Waals surface area contributed by atoms with Crippen molar-refractivity contribution in [3.8, 4) is 5.75 Å². The fourth-order valence-electron chi connectivity index (χ4n) is 1.92. The number of rotatable bonds is 4. The molecular formula is C16H18N2O2. The molecule has 0 atom stereocenters. The van der Waals surface area contributed by atoms with Crippen LogP contribution < -0.4 is 16.2 Å². The molecule has 4 heteroatoms. The molecule has 0 unspecified atom stereocenters. The number of anilines is 1. The van der Waals surface area contributed by atoms with Crippen LogP contribution in [0, 0.1) is 13.8 Å². The summed E-state index contributed by atoms with van der Waals surface area (Å²) in [4.78, 5) is 11.3. The molecule has 4 N–H and O–H groups in total. The molecule has 0 heterocycles. The van der Waals surface area contributed by atoms with Gasteiger partial charge in [-0.05, 0) is 42.7 Å². The molecular weight excluding hydrogens is 252 g/mol. The number of aryl methyl sites for hydroxylation is 2. The van der Waals surface area contributed by atoms with Crippen LogP contribution in [0.25, 0.3) is 0 Å². The van der Waals surface area contributed by atoms with E-state index in [9.17, 15) is 4.79 Å². The van der Waals surface area contributed by atoms with Crippen LogP contribution in [0.2, 0.25) is 0 Å². The minimum atomic E-state index is -0.528. The molecule has 0 aromatic heterocycles. The quantitative estimate of drug-likeness (QED) is 0.838. The number of hydrogen-bond donors (Lipinski definition) is 2. The Bertz CT molecular complexity index is 651. The Hall–Kier alpha value is -2.49. The van der Waals surface area contributed by atoms with Gasteiger partial charge in [-0.3, -0.25) is 4.79 Å². The SMILES string of the molecule is Cc1ccc(COc2cc(N)ccc2C(N)=O)cc1C. The first-order chi connectivity index (χ1) is 9.47. The number of carbonyl (C=O) groups excluding carboxylic acids is 1. The number of primary amides is 1. The fourth-order valence-corrected chi connectivity index (χ4v) is 1.92. The summed E-state index contributed by atoms with van der Waals surface area (Å²) in [5, 5.41) is 0. The lowest BCUT2D eigenvalue weighted by atomic mass is 10.1. The van der Waals surface area contributed by atoms with Crippen molar-refractivity contribution in [1.29, 1.82) is 0 Å². The number of nitrogens with two attached hydrogens (primary N) is 2. The molecule has 0 saturated heterocycles. The van der Waals surface area contributed by atoms with Crippen LogP contribution >= 0.6 is 0 Å². The van der Waals surface area contributed by atoms with Crippen molar-refractivity contribution in [2.45, 2.75) is 20.5 Å². The van der Waals surface area contributed by atoms with E-state index in [-0.39, 0.29) is 0 Å². The highest BCUT2D eigenvalue weighted by atomic mass is 16.5. The van der Waals surface area contributed by atoms with Crippen molar-refractivity contribution in [2.75, 3.05) is 5.73 Å². The zero-order valence-corrected chi connectivity index (χ0v) is 11.6. The second kappa shape index (κ2) is 5.65. The zero-order chi connectivity index (χ0) is 14.7. The Morgan fingerprint density at radius 3 is 2.50 bits per heavy atom. The van der Waals surface area contributed by atoms with Gasteiger partial charge in [-0.1, -0.05) is 18.2 Å². The average molecular weight is 270 g/mol. The van der Waals surface area contributed by atoms with Gasteiger partial charge in [-0.15, -0.1) is 0 Å². The predicted octanol–water partition coefficient (Wildman–Crippen LogP) is 2.56. The lowest BCUT2D eigenvalue weighted by molar-refractivity contribution is 0.0996. The Balaban J connectivity index is 2.20. The van der Waals surface area contributed by atoms with E-state index in [0.29, 0.717) is 23.6 Å². The van der Waals surface area contributed by atoms with Crippen LogP contribution in [0.3, 0.4) is 0 Å². The number of nitrogen functional groups attached to an aromatic ring is 1. The van der Waals surface area contributed by atoms with E-state index in [0.717, 1.165) is 5.56 Å².